The molecule has 5 rings (SSSR count). The number of piperazine rings is 1. The Morgan fingerprint density at radius 3 is 2.61 bits per heavy atom. The van der Waals surface area contributed by atoms with Crippen molar-refractivity contribution in [1.29, 1.82) is 0 Å². The summed E-state index contributed by atoms with van der Waals surface area (Å²) in [4.78, 5) is 30.9. The van der Waals surface area contributed by atoms with E-state index < -0.39 is 0 Å². The maximum absolute atomic E-state index is 12.2. The Kier molecular flexibility index (Phi) is 6.57. The van der Waals surface area contributed by atoms with Crippen molar-refractivity contribution >= 4 is 29.2 Å². The maximum Gasteiger partial charge on any atom is 0.230 e. The van der Waals surface area contributed by atoms with Crippen LogP contribution in [0, 0.1) is 5.92 Å². The van der Waals surface area contributed by atoms with E-state index in [-0.39, 0.29) is 11.8 Å². The smallest absolute Gasteiger partial charge is 0.230 e. The molecule has 3 fully saturated rings. The first kappa shape index (κ1) is 21.9. The minimum Gasteiger partial charge on any atom is -0.368 e. The summed E-state index contributed by atoms with van der Waals surface area (Å²) in [6.07, 6.45) is 10.2. The average Bonchev–Trinajstić information content (AvgIpc) is 3.53. The third-order valence-electron chi connectivity index (χ3n) is 7.15. The molecule has 0 bridgehead atoms. The second kappa shape index (κ2) is 9.91. The van der Waals surface area contributed by atoms with Crippen molar-refractivity contribution in [1.82, 2.24) is 25.6 Å². The van der Waals surface area contributed by atoms with Crippen LogP contribution >= 0.6 is 0 Å². The predicted molar refractivity (Wildman–Crippen MR) is 130 cm³/mol. The summed E-state index contributed by atoms with van der Waals surface area (Å²) in [5.41, 5.74) is 2.17. The molecule has 176 valence electrons. The number of carbonyl (C=O) groups is 1. The van der Waals surface area contributed by atoms with Gasteiger partial charge >= 0.3 is 0 Å². The number of hydrogen-bond acceptors (Lipinski definition) is 8. The summed E-state index contributed by atoms with van der Waals surface area (Å²) in [6.45, 7) is 4.75. The van der Waals surface area contributed by atoms with Gasteiger partial charge in [-0.05, 0) is 37.8 Å². The van der Waals surface area contributed by atoms with E-state index in [1.54, 1.807) is 0 Å². The summed E-state index contributed by atoms with van der Waals surface area (Å²) in [5, 5.41) is 9.60. The van der Waals surface area contributed by atoms with Gasteiger partial charge in [0.05, 0.1) is 11.9 Å². The largest absolute Gasteiger partial charge is 0.368 e. The van der Waals surface area contributed by atoms with Crippen LogP contribution < -0.4 is 25.8 Å². The molecule has 3 aliphatic rings. The van der Waals surface area contributed by atoms with Gasteiger partial charge in [0.25, 0.3) is 0 Å². The summed E-state index contributed by atoms with van der Waals surface area (Å²) in [6, 6.07) is 4.57. The summed E-state index contributed by atoms with van der Waals surface area (Å²) in [7, 11) is 2.13. The first-order valence-electron chi connectivity index (χ1n) is 12.2. The van der Waals surface area contributed by atoms with Gasteiger partial charge in [-0.1, -0.05) is 12.8 Å². The molecular weight excluding hydrogens is 416 g/mol. The average molecular weight is 451 g/mol. The first-order valence-corrected chi connectivity index (χ1v) is 12.2. The molecule has 1 amide bonds. The second-order valence-electron chi connectivity index (χ2n) is 9.34. The number of rotatable bonds is 7. The van der Waals surface area contributed by atoms with E-state index >= 15 is 0 Å². The minimum absolute atomic E-state index is 0.00216. The van der Waals surface area contributed by atoms with Gasteiger partial charge in [-0.15, -0.1) is 0 Å². The lowest BCUT2D eigenvalue weighted by molar-refractivity contribution is -0.122. The molecule has 9 heteroatoms. The minimum atomic E-state index is 0.00216. The number of anilines is 4. The summed E-state index contributed by atoms with van der Waals surface area (Å²) >= 11 is 0. The Bertz CT molecular complexity index is 953. The van der Waals surface area contributed by atoms with E-state index in [1.807, 2.05) is 18.5 Å². The van der Waals surface area contributed by atoms with Crippen molar-refractivity contribution < 1.29 is 4.79 Å². The van der Waals surface area contributed by atoms with Crippen LogP contribution in [0.15, 0.2) is 24.5 Å². The zero-order valence-electron chi connectivity index (χ0n) is 19.4. The summed E-state index contributed by atoms with van der Waals surface area (Å²) in [5.74, 6) is 2.34. The molecule has 1 saturated carbocycles. The predicted octanol–water partition coefficient (Wildman–Crippen LogP) is 2.08. The number of nitrogens with zero attached hydrogens (tertiary/aromatic N) is 5. The molecular formula is C24H34N8O. The number of nitrogens with one attached hydrogen (secondary N) is 3. The highest BCUT2D eigenvalue weighted by Crippen LogP contribution is 2.31. The van der Waals surface area contributed by atoms with Gasteiger partial charge in [0.2, 0.25) is 11.9 Å². The Hall–Kier alpha value is -2.94. The molecule has 33 heavy (non-hydrogen) atoms. The van der Waals surface area contributed by atoms with Crippen molar-refractivity contribution in [3.8, 4) is 0 Å². The third kappa shape index (κ3) is 5.03. The number of hydrogen-bond donors (Lipinski definition) is 3. The van der Waals surface area contributed by atoms with Crippen LogP contribution in [0.25, 0.3) is 0 Å². The van der Waals surface area contributed by atoms with Crippen LogP contribution in [0.2, 0.25) is 0 Å². The SMILES string of the molecule is CN(c1nc(Nc2ccc(N3CCNCC3)cn2)ncc1C[C@@H]1CCNC1=O)C1CCCC1. The van der Waals surface area contributed by atoms with Crippen LogP contribution in [0.3, 0.4) is 0 Å². The quantitative estimate of drug-likeness (QED) is 0.590. The lowest BCUT2D eigenvalue weighted by atomic mass is 9.99. The topological polar surface area (TPSA) is 98.3 Å². The van der Waals surface area contributed by atoms with E-state index in [4.69, 9.17) is 4.98 Å². The number of aromatic nitrogens is 3. The van der Waals surface area contributed by atoms with Crippen LogP contribution in [-0.2, 0) is 11.2 Å². The number of carbonyl (C=O) groups excluding carboxylic acids is 1. The molecule has 2 aliphatic heterocycles. The Morgan fingerprint density at radius 1 is 1.09 bits per heavy atom. The van der Waals surface area contributed by atoms with Crippen molar-refractivity contribution in [2.45, 2.75) is 44.6 Å². The van der Waals surface area contributed by atoms with Gasteiger partial charge in [-0.25, -0.2) is 9.97 Å². The Labute approximate surface area is 195 Å². The lowest BCUT2D eigenvalue weighted by Crippen LogP contribution is -2.43. The zero-order valence-corrected chi connectivity index (χ0v) is 19.4. The molecule has 9 nitrogen and oxygen atoms in total. The molecule has 0 unspecified atom stereocenters. The van der Waals surface area contributed by atoms with Crippen molar-refractivity contribution in [3.63, 3.8) is 0 Å². The Morgan fingerprint density at radius 2 is 1.91 bits per heavy atom. The number of pyridine rings is 1. The zero-order chi connectivity index (χ0) is 22.6. The molecule has 1 aliphatic carbocycles. The summed E-state index contributed by atoms with van der Waals surface area (Å²) < 4.78 is 0. The molecule has 1 atom stereocenters. The van der Waals surface area contributed by atoms with Gasteiger partial charge in [0.15, 0.2) is 0 Å². The molecule has 3 N–H and O–H groups in total. The fourth-order valence-corrected chi connectivity index (χ4v) is 5.16. The molecule has 4 heterocycles. The molecule has 0 spiro atoms. The molecule has 2 saturated heterocycles. The van der Waals surface area contributed by atoms with Gasteiger partial charge in [0, 0.05) is 63.5 Å². The van der Waals surface area contributed by atoms with Crippen LogP contribution in [0.1, 0.15) is 37.7 Å². The van der Waals surface area contributed by atoms with E-state index in [9.17, 15) is 4.79 Å². The monoisotopic (exact) mass is 450 g/mol. The van der Waals surface area contributed by atoms with E-state index in [2.05, 4.69) is 48.8 Å². The fourth-order valence-electron chi connectivity index (χ4n) is 5.16. The lowest BCUT2D eigenvalue weighted by Gasteiger charge is -2.29. The fraction of sp³-hybridized carbons (Fsp3) is 0.583. The molecule has 2 aromatic heterocycles. The van der Waals surface area contributed by atoms with E-state index in [1.165, 1.54) is 25.7 Å². The standard InChI is InChI=1S/C24H34N8O/c1-31(19-4-2-3-5-19)22-18(14-17-8-9-26-23(17)33)15-28-24(30-22)29-21-7-6-20(16-27-21)32-12-10-25-11-13-32/h6-7,15-17,19,25H,2-5,8-14H2,1H3,(H,26,33)(H,27,28,29,30)/t17-/m0/s1. The van der Waals surface area contributed by atoms with Gasteiger partial charge in [-0.3, -0.25) is 4.79 Å². The highest BCUT2D eigenvalue weighted by atomic mass is 16.2. The van der Waals surface area contributed by atoms with Crippen LogP contribution in [0.5, 0.6) is 0 Å². The second-order valence-corrected chi connectivity index (χ2v) is 9.34. The van der Waals surface area contributed by atoms with Gasteiger partial charge < -0.3 is 25.8 Å². The van der Waals surface area contributed by atoms with E-state index in [0.29, 0.717) is 18.4 Å². The highest BCUT2D eigenvalue weighted by molar-refractivity contribution is 5.81. The normalized spacial score (nSPS) is 21.3. The Balaban J connectivity index is 1.34. The molecule has 0 aromatic carbocycles. The molecule has 2 aromatic rings. The van der Waals surface area contributed by atoms with Gasteiger partial charge in [-0.2, -0.15) is 4.98 Å². The van der Waals surface area contributed by atoms with Crippen molar-refractivity contribution in [2.24, 2.45) is 5.92 Å². The van der Waals surface area contributed by atoms with Crippen molar-refractivity contribution in [2.75, 3.05) is 54.9 Å². The highest BCUT2D eigenvalue weighted by Gasteiger charge is 2.28. The van der Waals surface area contributed by atoms with Crippen molar-refractivity contribution in [3.05, 3.63) is 30.1 Å². The van der Waals surface area contributed by atoms with Crippen LogP contribution in [0.4, 0.5) is 23.3 Å². The molecule has 0 radical (unpaired) electrons. The number of amides is 1. The van der Waals surface area contributed by atoms with Crippen LogP contribution in [-0.4, -0.2) is 66.7 Å². The van der Waals surface area contributed by atoms with Gasteiger partial charge in [0.1, 0.15) is 11.6 Å². The third-order valence-corrected chi connectivity index (χ3v) is 7.15. The van der Waals surface area contributed by atoms with E-state index in [0.717, 1.165) is 62.0 Å². The maximum atomic E-state index is 12.2. The first-order chi connectivity index (χ1) is 16.2.